The molecule has 0 radical (unpaired) electrons. The summed E-state index contributed by atoms with van der Waals surface area (Å²) in [5, 5.41) is 6.23. The van der Waals surface area contributed by atoms with Gasteiger partial charge in [-0.15, -0.1) is 0 Å². The van der Waals surface area contributed by atoms with Gasteiger partial charge in [0.2, 0.25) is 0 Å². The Bertz CT molecular complexity index is 1990. The van der Waals surface area contributed by atoms with Crippen LogP contribution in [0.5, 0.6) is 0 Å². The Morgan fingerprint density at radius 3 is 2.23 bits per heavy atom. The highest BCUT2D eigenvalue weighted by molar-refractivity contribution is 6.31. The Balaban J connectivity index is 1.68. The maximum absolute atomic E-state index is 13.1. The molecule has 2 heterocycles. The third-order valence-electron chi connectivity index (χ3n) is 8.30. The lowest BCUT2D eigenvalue weighted by atomic mass is 9.78. The fourth-order valence-electron chi connectivity index (χ4n) is 5.97. The first-order chi connectivity index (χ1) is 20.7. The van der Waals surface area contributed by atoms with Crippen molar-refractivity contribution in [1.29, 1.82) is 0 Å². The Morgan fingerprint density at radius 2 is 1.56 bits per heavy atom. The monoisotopic (exact) mass is 606 g/mol. The van der Waals surface area contributed by atoms with Crippen LogP contribution in [0.15, 0.2) is 114 Å². The van der Waals surface area contributed by atoms with Gasteiger partial charge < -0.3 is 9.13 Å². The third kappa shape index (κ3) is 5.29. The minimum Gasteiger partial charge on any atom is -0.335 e. The molecule has 1 N–H and O–H groups in total. The SMILES string of the molecule is Cc1ccc([C@H](C)N[C@@](c2ccc(Cl)cc2)(c2ccc3c(c2)c(-c2cccc(Cl)c2)cc(=O)n3C)c2cncn2C)cc1. The molecule has 4 aromatic carbocycles. The number of aromatic nitrogens is 3. The summed E-state index contributed by atoms with van der Waals surface area (Å²) in [6, 6.07) is 32.1. The Hall–Kier alpha value is -4.16. The lowest BCUT2D eigenvalue weighted by Crippen LogP contribution is -2.47. The molecule has 2 aromatic heterocycles. The number of benzene rings is 4. The summed E-state index contributed by atoms with van der Waals surface area (Å²) in [6.07, 6.45) is 3.73. The van der Waals surface area contributed by atoms with Crippen molar-refractivity contribution < 1.29 is 0 Å². The highest BCUT2D eigenvalue weighted by Gasteiger charge is 2.40. The smallest absolute Gasteiger partial charge is 0.251 e. The fourth-order valence-corrected chi connectivity index (χ4v) is 6.29. The van der Waals surface area contributed by atoms with E-state index in [1.807, 2.05) is 66.6 Å². The summed E-state index contributed by atoms with van der Waals surface area (Å²) in [5.41, 5.74) is 6.94. The summed E-state index contributed by atoms with van der Waals surface area (Å²) in [6.45, 7) is 4.27. The molecule has 0 aliphatic heterocycles. The van der Waals surface area contributed by atoms with Crippen LogP contribution in [0.1, 0.15) is 40.9 Å². The normalized spacial score (nSPS) is 13.6. The van der Waals surface area contributed by atoms with Gasteiger partial charge in [0.25, 0.3) is 5.56 Å². The van der Waals surface area contributed by atoms with Crippen molar-refractivity contribution in [2.24, 2.45) is 14.1 Å². The van der Waals surface area contributed by atoms with Crippen LogP contribution < -0.4 is 10.9 Å². The number of imidazole rings is 1. The molecule has 216 valence electrons. The number of rotatable bonds is 7. The standard InChI is InChI=1S/C36H32Cl2N4O/c1-23-8-10-25(11-9-23)24(2)40-36(34-21-39-22-41(34)3,27-12-15-29(37)16-13-27)28-14-17-33-32(19-28)31(20-35(43)42(33)4)26-6-5-7-30(38)18-26/h5-22,24,40H,1-4H3/t24-,36-/m0/s1. The number of pyridine rings is 1. The Kier molecular flexibility index (Phi) is 7.74. The molecule has 5 nitrogen and oxygen atoms in total. The van der Waals surface area contributed by atoms with Crippen molar-refractivity contribution in [3.8, 4) is 11.1 Å². The van der Waals surface area contributed by atoms with E-state index in [0.29, 0.717) is 10.0 Å². The van der Waals surface area contributed by atoms with Gasteiger partial charge in [-0.25, -0.2) is 4.98 Å². The molecule has 6 rings (SSSR count). The first kappa shape index (κ1) is 28.9. The maximum Gasteiger partial charge on any atom is 0.251 e. The zero-order chi connectivity index (χ0) is 30.3. The van der Waals surface area contributed by atoms with E-state index in [9.17, 15) is 4.79 Å². The predicted octanol–water partition coefficient (Wildman–Crippen LogP) is 8.20. The molecule has 0 saturated heterocycles. The number of aryl methyl sites for hydroxylation is 3. The first-order valence-electron chi connectivity index (χ1n) is 14.1. The summed E-state index contributed by atoms with van der Waals surface area (Å²) in [5.74, 6) is 0. The van der Waals surface area contributed by atoms with Gasteiger partial charge in [0.05, 0.1) is 23.7 Å². The lowest BCUT2D eigenvalue weighted by Gasteiger charge is -2.39. The van der Waals surface area contributed by atoms with E-state index in [4.69, 9.17) is 23.2 Å². The Labute approximate surface area is 261 Å². The van der Waals surface area contributed by atoms with Crippen LogP contribution in [-0.2, 0) is 19.6 Å². The number of hydrogen-bond donors (Lipinski definition) is 1. The average Bonchev–Trinajstić information content (AvgIpc) is 3.44. The van der Waals surface area contributed by atoms with E-state index in [1.54, 1.807) is 17.7 Å². The van der Waals surface area contributed by atoms with E-state index >= 15 is 0 Å². The van der Waals surface area contributed by atoms with Crippen molar-refractivity contribution >= 4 is 34.1 Å². The van der Waals surface area contributed by atoms with Gasteiger partial charge in [-0.1, -0.05) is 83.4 Å². The number of hydrogen-bond acceptors (Lipinski definition) is 3. The van der Waals surface area contributed by atoms with Crippen LogP contribution in [0.4, 0.5) is 0 Å². The molecule has 6 aromatic rings. The predicted molar refractivity (Wildman–Crippen MR) is 177 cm³/mol. The van der Waals surface area contributed by atoms with Crippen molar-refractivity contribution in [2.45, 2.75) is 25.4 Å². The van der Waals surface area contributed by atoms with E-state index in [1.165, 1.54) is 5.56 Å². The lowest BCUT2D eigenvalue weighted by molar-refractivity contribution is 0.397. The fraction of sp³-hybridized carbons (Fsp3) is 0.167. The molecule has 0 saturated carbocycles. The van der Waals surface area contributed by atoms with E-state index in [0.717, 1.165) is 44.4 Å². The van der Waals surface area contributed by atoms with Crippen molar-refractivity contribution in [1.82, 2.24) is 19.4 Å². The molecular weight excluding hydrogens is 575 g/mol. The summed E-state index contributed by atoms with van der Waals surface area (Å²) >= 11 is 12.8. The molecule has 0 amide bonds. The number of fused-ring (bicyclic) bond motifs is 1. The molecule has 0 fully saturated rings. The quantitative estimate of drug-likeness (QED) is 0.199. The van der Waals surface area contributed by atoms with Crippen LogP contribution in [0.2, 0.25) is 10.0 Å². The summed E-state index contributed by atoms with van der Waals surface area (Å²) in [7, 11) is 3.81. The second kappa shape index (κ2) is 11.5. The van der Waals surface area contributed by atoms with Crippen LogP contribution in [0.3, 0.4) is 0 Å². The molecule has 0 spiro atoms. The highest BCUT2D eigenvalue weighted by atomic mass is 35.5. The number of nitrogens with one attached hydrogen (secondary N) is 1. The molecule has 0 aliphatic rings. The third-order valence-corrected chi connectivity index (χ3v) is 8.79. The molecule has 0 bridgehead atoms. The minimum absolute atomic E-state index is 0.0468. The van der Waals surface area contributed by atoms with Crippen LogP contribution in [-0.4, -0.2) is 14.1 Å². The number of nitrogens with zero attached hydrogens (tertiary/aromatic N) is 3. The second-order valence-electron chi connectivity index (χ2n) is 11.1. The molecule has 0 aliphatic carbocycles. The van der Waals surface area contributed by atoms with E-state index in [-0.39, 0.29) is 11.6 Å². The molecule has 0 unspecified atom stereocenters. The van der Waals surface area contributed by atoms with Crippen molar-refractivity contribution in [3.05, 3.63) is 158 Å². The van der Waals surface area contributed by atoms with Crippen molar-refractivity contribution in [3.63, 3.8) is 0 Å². The number of halogens is 2. The van der Waals surface area contributed by atoms with Gasteiger partial charge in [-0.2, -0.15) is 0 Å². The second-order valence-corrected chi connectivity index (χ2v) is 12.0. The van der Waals surface area contributed by atoms with Gasteiger partial charge in [0.15, 0.2) is 0 Å². The van der Waals surface area contributed by atoms with E-state index < -0.39 is 5.54 Å². The van der Waals surface area contributed by atoms with Gasteiger partial charge in [0, 0.05) is 41.6 Å². The molecular formula is C36H32Cl2N4O. The maximum atomic E-state index is 13.1. The molecule has 2 atom stereocenters. The van der Waals surface area contributed by atoms with Crippen LogP contribution in [0, 0.1) is 6.92 Å². The Morgan fingerprint density at radius 1 is 0.837 bits per heavy atom. The molecule has 7 heteroatoms. The topological polar surface area (TPSA) is 51.9 Å². The first-order valence-corrected chi connectivity index (χ1v) is 14.9. The highest BCUT2D eigenvalue weighted by Crippen LogP contribution is 2.41. The molecule has 43 heavy (non-hydrogen) atoms. The van der Waals surface area contributed by atoms with Crippen molar-refractivity contribution in [2.75, 3.05) is 0 Å². The van der Waals surface area contributed by atoms with Gasteiger partial charge in [-0.05, 0) is 78.1 Å². The zero-order valence-corrected chi connectivity index (χ0v) is 26.0. The van der Waals surface area contributed by atoms with Crippen LogP contribution >= 0.6 is 23.2 Å². The largest absolute Gasteiger partial charge is 0.335 e. The summed E-state index contributed by atoms with van der Waals surface area (Å²) in [4.78, 5) is 17.6. The zero-order valence-electron chi connectivity index (χ0n) is 24.5. The van der Waals surface area contributed by atoms with Gasteiger partial charge in [-0.3, -0.25) is 10.1 Å². The van der Waals surface area contributed by atoms with E-state index in [2.05, 4.69) is 72.7 Å². The average molecular weight is 608 g/mol. The van der Waals surface area contributed by atoms with Gasteiger partial charge >= 0.3 is 0 Å². The van der Waals surface area contributed by atoms with Crippen LogP contribution in [0.25, 0.3) is 22.0 Å². The summed E-state index contributed by atoms with van der Waals surface area (Å²) < 4.78 is 3.73. The van der Waals surface area contributed by atoms with Gasteiger partial charge in [0.1, 0.15) is 5.54 Å². The minimum atomic E-state index is -0.839.